The van der Waals surface area contributed by atoms with Gasteiger partial charge in [0.1, 0.15) is 0 Å². The van der Waals surface area contributed by atoms with Gasteiger partial charge in [-0.1, -0.05) is 30.3 Å². The number of methoxy groups -OCH3 is 2. The highest BCUT2D eigenvalue weighted by atomic mass is 16.5. The van der Waals surface area contributed by atoms with E-state index in [2.05, 4.69) is 5.32 Å². The van der Waals surface area contributed by atoms with Gasteiger partial charge in [-0.05, 0) is 12.0 Å². The van der Waals surface area contributed by atoms with Crippen LogP contribution in [0.1, 0.15) is 18.1 Å². The molecule has 0 fully saturated rings. The van der Waals surface area contributed by atoms with Crippen LogP contribution in [0, 0.1) is 0 Å². The summed E-state index contributed by atoms with van der Waals surface area (Å²) in [5, 5.41) is 2.82. The van der Waals surface area contributed by atoms with Crippen molar-refractivity contribution in [2.45, 2.75) is 18.6 Å². The Labute approximate surface area is 114 Å². The van der Waals surface area contributed by atoms with E-state index in [0.29, 0.717) is 19.6 Å². The SMILES string of the molecule is COCC(N)CCNC(=O)C(OC)c1ccccc1. The van der Waals surface area contributed by atoms with E-state index in [9.17, 15) is 4.79 Å². The predicted molar refractivity (Wildman–Crippen MR) is 73.7 cm³/mol. The molecule has 2 unspecified atom stereocenters. The zero-order valence-electron chi connectivity index (χ0n) is 11.5. The van der Waals surface area contributed by atoms with E-state index in [0.717, 1.165) is 5.56 Å². The third kappa shape index (κ3) is 5.38. The Morgan fingerprint density at radius 1 is 1.32 bits per heavy atom. The van der Waals surface area contributed by atoms with Gasteiger partial charge in [0.05, 0.1) is 6.61 Å². The molecule has 0 spiro atoms. The maximum absolute atomic E-state index is 12.0. The van der Waals surface area contributed by atoms with Crippen molar-refractivity contribution in [3.63, 3.8) is 0 Å². The lowest BCUT2D eigenvalue weighted by atomic mass is 10.1. The number of carbonyl (C=O) groups is 1. The van der Waals surface area contributed by atoms with E-state index in [-0.39, 0.29) is 11.9 Å². The number of hydrogen-bond acceptors (Lipinski definition) is 4. The summed E-state index contributed by atoms with van der Waals surface area (Å²) in [6.45, 7) is 0.998. The molecule has 2 atom stereocenters. The second-order valence-corrected chi connectivity index (χ2v) is 4.32. The molecule has 0 aliphatic carbocycles. The lowest BCUT2D eigenvalue weighted by molar-refractivity contribution is -0.131. The van der Waals surface area contributed by atoms with Crippen LogP contribution in [0.25, 0.3) is 0 Å². The van der Waals surface area contributed by atoms with Crippen molar-refractivity contribution < 1.29 is 14.3 Å². The Kier molecular flexibility index (Phi) is 7.10. The minimum atomic E-state index is -0.583. The van der Waals surface area contributed by atoms with Crippen molar-refractivity contribution >= 4 is 5.91 Å². The van der Waals surface area contributed by atoms with Gasteiger partial charge in [0, 0.05) is 26.8 Å². The Bertz CT molecular complexity index is 370. The first-order chi connectivity index (χ1) is 9.19. The molecule has 0 aliphatic heterocycles. The van der Waals surface area contributed by atoms with Gasteiger partial charge in [0.25, 0.3) is 5.91 Å². The molecule has 0 radical (unpaired) electrons. The molecule has 0 aliphatic rings. The van der Waals surface area contributed by atoms with E-state index in [1.54, 1.807) is 7.11 Å². The van der Waals surface area contributed by atoms with Crippen molar-refractivity contribution in [2.75, 3.05) is 27.4 Å². The quantitative estimate of drug-likeness (QED) is 0.731. The summed E-state index contributed by atoms with van der Waals surface area (Å²) in [6, 6.07) is 9.32. The van der Waals surface area contributed by atoms with Gasteiger partial charge >= 0.3 is 0 Å². The molecule has 0 saturated heterocycles. The Morgan fingerprint density at radius 3 is 2.58 bits per heavy atom. The van der Waals surface area contributed by atoms with E-state index in [4.69, 9.17) is 15.2 Å². The number of benzene rings is 1. The second-order valence-electron chi connectivity index (χ2n) is 4.32. The third-order valence-electron chi connectivity index (χ3n) is 2.77. The second kappa shape index (κ2) is 8.63. The highest BCUT2D eigenvalue weighted by Gasteiger charge is 2.19. The fourth-order valence-corrected chi connectivity index (χ4v) is 1.79. The zero-order valence-corrected chi connectivity index (χ0v) is 11.5. The number of rotatable bonds is 8. The minimum absolute atomic E-state index is 0.0666. The maximum Gasteiger partial charge on any atom is 0.253 e. The Balaban J connectivity index is 2.43. The normalized spacial score (nSPS) is 13.8. The fourth-order valence-electron chi connectivity index (χ4n) is 1.79. The summed E-state index contributed by atoms with van der Waals surface area (Å²) in [5.74, 6) is -0.154. The van der Waals surface area contributed by atoms with Gasteiger partial charge in [0.15, 0.2) is 6.10 Å². The van der Waals surface area contributed by atoms with Crippen LogP contribution in [0.3, 0.4) is 0 Å². The number of nitrogens with one attached hydrogen (secondary N) is 1. The molecule has 1 aromatic rings. The summed E-state index contributed by atoms with van der Waals surface area (Å²) in [6.07, 6.45) is 0.0880. The number of amides is 1. The fraction of sp³-hybridized carbons (Fsp3) is 0.500. The van der Waals surface area contributed by atoms with Gasteiger partial charge in [-0.2, -0.15) is 0 Å². The molecule has 5 nitrogen and oxygen atoms in total. The van der Waals surface area contributed by atoms with Gasteiger partial charge < -0.3 is 20.5 Å². The van der Waals surface area contributed by atoms with Crippen LogP contribution in [-0.4, -0.2) is 39.3 Å². The minimum Gasteiger partial charge on any atom is -0.383 e. The molecule has 1 amide bonds. The van der Waals surface area contributed by atoms with Gasteiger partial charge in [-0.25, -0.2) is 0 Å². The van der Waals surface area contributed by atoms with Crippen molar-refractivity contribution in [1.82, 2.24) is 5.32 Å². The molecule has 0 aromatic heterocycles. The highest BCUT2D eigenvalue weighted by Crippen LogP contribution is 2.15. The van der Waals surface area contributed by atoms with Crippen LogP contribution in [0.15, 0.2) is 30.3 Å². The van der Waals surface area contributed by atoms with Crippen molar-refractivity contribution in [3.05, 3.63) is 35.9 Å². The maximum atomic E-state index is 12.0. The van der Waals surface area contributed by atoms with Crippen LogP contribution >= 0.6 is 0 Å². The third-order valence-corrected chi connectivity index (χ3v) is 2.77. The summed E-state index contributed by atoms with van der Waals surface area (Å²) in [4.78, 5) is 12.0. The molecule has 1 rings (SSSR count). The first kappa shape index (κ1) is 15.6. The first-order valence-corrected chi connectivity index (χ1v) is 6.29. The zero-order chi connectivity index (χ0) is 14.1. The number of ether oxygens (including phenoxy) is 2. The van der Waals surface area contributed by atoms with Gasteiger partial charge in [-0.3, -0.25) is 4.79 Å². The summed E-state index contributed by atoms with van der Waals surface area (Å²) < 4.78 is 10.2. The van der Waals surface area contributed by atoms with Crippen molar-refractivity contribution in [1.29, 1.82) is 0 Å². The van der Waals surface area contributed by atoms with Crippen LogP contribution in [-0.2, 0) is 14.3 Å². The topological polar surface area (TPSA) is 73.6 Å². The van der Waals surface area contributed by atoms with Crippen LogP contribution in [0.2, 0.25) is 0 Å². The predicted octanol–water partition coefficient (Wildman–Crippen LogP) is 0.854. The lowest BCUT2D eigenvalue weighted by Gasteiger charge is -2.16. The molecule has 5 heteroatoms. The monoisotopic (exact) mass is 266 g/mol. The average Bonchev–Trinajstić information content (AvgIpc) is 2.41. The number of hydrogen-bond donors (Lipinski definition) is 2. The number of nitrogens with two attached hydrogens (primary N) is 1. The smallest absolute Gasteiger partial charge is 0.253 e. The van der Waals surface area contributed by atoms with Crippen LogP contribution in [0.5, 0.6) is 0 Å². The van der Waals surface area contributed by atoms with Gasteiger partial charge in [0.2, 0.25) is 0 Å². The lowest BCUT2D eigenvalue weighted by Crippen LogP contribution is -2.35. The first-order valence-electron chi connectivity index (χ1n) is 6.29. The highest BCUT2D eigenvalue weighted by molar-refractivity contribution is 5.82. The van der Waals surface area contributed by atoms with Crippen molar-refractivity contribution in [3.8, 4) is 0 Å². The van der Waals surface area contributed by atoms with E-state index >= 15 is 0 Å². The van der Waals surface area contributed by atoms with E-state index < -0.39 is 6.10 Å². The number of carbonyl (C=O) groups excluding carboxylic acids is 1. The summed E-state index contributed by atoms with van der Waals surface area (Å²) in [7, 11) is 3.13. The van der Waals surface area contributed by atoms with Crippen LogP contribution < -0.4 is 11.1 Å². The molecular weight excluding hydrogens is 244 g/mol. The Hall–Kier alpha value is -1.43. The molecule has 0 saturated carbocycles. The van der Waals surface area contributed by atoms with Crippen LogP contribution in [0.4, 0.5) is 0 Å². The molecule has 0 bridgehead atoms. The van der Waals surface area contributed by atoms with Crippen molar-refractivity contribution in [2.24, 2.45) is 5.73 Å². The largest absolute Gasteiger partial charge is 0.383 e. The molecule has 106 valence electrons. The molecule has 19 heavy (non-hydrogen) atoms. The standard InChI is InChI=1S/C14H22N2O3/c1-18-10-12(15)8-9-16-14(17)13(19-2)11-6-4-3-5-7-11/h3-7,12-13H,8-10,15H2,1-2H3,(H,16,17). The Morgan fingerprint density at radius 2 is 2.00 bits per heavy atom. The average molecular weight is 266 g/mol. The van der Waals surface area contributed by atoms with Gasteiger partial charge in [-0.15, -0.1) is 0 Å². The van der Waals surface area contributed by atoms with E-state index in [1.165, 1.54) is 7.11 Å². The summed E-state index contributed by atoms with van der Waals surface area (Å²) in [5.41, 5.74) is 6.62. The molecular formula is C14H22N2O3. The molecule has 3 N–H and O–H groups in total. The molecule has 1 aromatic carbocycles. The summed E-state index contributed by atoms with van der Waals surface area (Å²) >= 11 is 0. The molecule has 0 heterocycles. The van der Waals surface area contributed by atoms with E-state index in [1.807, 2.05) is 30.3 Å².